The molecule has 0 bridgehead atoms. The number of piperazine rings is 1. The minimum absolute atomic E-state index is 0. The van der Waals surface area contributed by atoms with E-state index in [0.29, 0.717) is 6.04 Å². The molecule has 2 rings (SSSR count). The Morgan fingerprint density at radius 2 is 1.75 bits per heavy atom. The zero-order valence-electron chi connectivity index (χ0n) is 12.0. The summed E-state index contributed by atoms with van der Waals surface area (Å²) in [6.07, 6.45) is 3.61. The number of benzene rings is 1. The Morgan fingerprint density at radius 1 is 1.15 bits per heavy atom. The highest BCUT2D eigenvalue weighted by Gasteiger charge is 2.21. The molecule has 1 N–H and O–H groups in total. The zero-order chi connectivity index (χ0) is 12.8. The van der Waals surface area contributed by atoms with Crippen molar-refractivity contribution >= 4 is 24.8 Å². The molecule has 1 saturated heterocycles. The second-order valence-corrected chi connectivity index (χ2v) is 5.00. The van der Waals surface area contributed by atoms with Gasteiger partial charge in [-0.15, -0.1) is 24.8 Å². The summed E-state index contributed by atoms with van der Waals surface area (Å²) in [6, 6.07) is 7.50. The lowest BCUT2D eigenvalue weighted by Crippen LogP contribution is -2.45. The quantitative estimate of drug-likeness (QED) is 0.886. The highest BCUT2D eigenvalue weighted by atomic mass is 35.5. The molecule has 1 aromatic carbocycles. The fraction of sp³-hybridized carbons (Fsp3) is 0.600. The van der Waals surface area contributed by atoms with Crippen LogP contribution in [-0.2, 0) is 0 Å². The highest BCUT2D eigenvalue weighted by molar-refractivity contribution is 5.85. The van der Waals surface area contributed by atoms with Gasteiger partial charge in [0.1, 0.15) is 5.82 Å². The van der Waals surface area contributed by atoms with Crippen molar-refractivity contribution in [3.8, 4) is 0 Å². The van der Waals surface area contributed by atoms with Crippen LogP contribution in [0.2, 0.25) is 0 Å². The maximum Gasteiger partial charge on any atom is 0.123 e. The number of rotatable bonds is 5. The van der Waals surface area contributed by atoms with Crippen LogP contribution in [0, 0.1) is 5.82 Å². The van der Waals surface area contributed by atoms with Crippen molar-refractivity contribution in [3.05, 3.63) is 35.6 Å². The van der Waals surface area contributed by atoms with E-state index in [2.05, 4.69) is 17.1 Å². The molecule has 1 aliphatic heterocycles. The van der Waals surface area contributed by atoms with Crippen molar-refractivity contribution in [2.75, 3.05) is 26.2 Å². The summed E-state index contributed by atoms with van der Waals surface area (Å²) in [5, 5.41) is 3.38. The third-order valence-corrected chi connectivity index (χ3v) is 3.68. The summed E-state index contributed by atoms with van der Waals surface area (Å²) < 4.78 is 13.0. The van der Waals surface area contributed by atoms with E-state index >= 15 is 0 Å². The fourth-order valence-corrected chi connectivity index (χ4v) is 2.64. The maximum atomic E-state index is 13.0. The zero-order valence-corrected chi connectivity index (χ0v) is 13.6. The van der Waals surface area contributed by atoms with Crippen LogP contribution in [0.4, 0.5) is 4.39 Å². The number of hydrogen-bond donors (Lipinski definition) is 1. The lowest BCUT2D eigenvalue weighted by molar-refractivity contribution is 0.163. The minimum Gasteiger partial charge on any atom is -0.314 e. The predicted molar refractivity (Wildman–Crippen MR) is 87.6 cm³/mol. The molecule has 0 aliphatic carbocycles. The lowest BCUT2D eigenvalue weighted by atomic mass is 9.99. The number of nitrogens with one attached hydrogen (secondary N) is 1. The summed E-state index contributed by atoms with van der Waals surface area (Å²) in [7, 11) is 0. The van der Waals surface area contributed by atoms with E-state index in [0.717, 1.165) is 26.2 Å². The van der Waals surface area contributed by atoms with Gasteiger partial charge in [0.05, 0.1) is 0 Å². The van der Waals surface area contributed by atoms with Crippen molar-refractivity contribution in [1.82, 2.24) is 10.2 Å². The number of halogens is 3. The van der Waals surface area contributed by atoms with Gasteiger partial charge in [-0.2, -0.15) is 0 Å². The van der Waals surface area contributed by atoms with Crippen LogP contribution in [0.1, 0.15) is 37.8 Å². The van der Waals surface area contributed by atoms with Crippen molar-refractivity contribution in [2.24, 2.45) is 0 Å². The third-order valence-electron chi connectivity index (χ3n) is 3.68. The first kappa shape index (κ1) is 19.7. The molecule has 1 fully saturated rings. The van der Waals surface area contributed by atoms with Crippen LogP contribution < -0.4 is 5.32 Å². The van der Waals surface area contributed by atoms with Gasteiger partial charge >= 0.3 is 0 Å². The van der Waals surface area contributed by atoms with Gasteiger partial charge in [-0.1, -0.05) is 31.9 Å². The molecule has 20 heavy (non-hydrogen) atoms. The highest BCUT2D eigenvalue weighted by Crippen LogP contribution is 2.26. The molecule has 116 valence electrons. The second kappa shape index (κ2) is 10.4. The Bertz CT molecular complexity index is 353. The number of hydrogen-bond acceptors (Lipinski definition) is 2. The second-order valence-electron chi connectivity index (χ2n) is 5.00. The Labute approximate surface area is 133 Å². The lowest BCUT2D eigenvalue weighted by Gasteiger charge is -2.35. The molecule has 1 aliphatic rings. The van der Waals surface area contributed by atoms with Crippen LogP contribution in [0.3, 0.4) is 0 Å². The number of unbranched alkanes of at least 4 members (excludes halogenated alkanes) is 1. The van der Waals surface area contributed by atoms with Gasteiger partial charge in [-0.05, 0) is 24.1 Å². The monoisotopic (exact) mass is 322 g/mol. The molecule has 1 heterocycles. The molecule has 5 heteroatoms. The molecule has 0 spiro atoms. The Hall–Kier alpha value is -0.350. The summed E-state index contributed by atoms with van der Waals surface area (Å²) in [6.45, 7) is 6.52. The SMILES string of the molecule is CCCC[C@@H](c1ccc(F)cc1)N1CCNCC1.Cl.Cl. The summed E-state index contributed by atoms with van der Waals surface area (Å²) in [5.41, 5.74) is 1.26. The molecule has 0 saturated carbocycles. The topological polar surface area (TPSA) is 15.3 Å². The molecular formula is C15H25Cl2FN2. The smallest absolute Gasteiger partial charge is 0.123 e. The molecule has 2 nitrogen and oxygen atoms in total. The van der Waals surface area contributed by atoms with Crippen molar-refractivity contribution in [1.29, 1.82) is 0 Å². The first-order valence-electron chi connectivity index (χ1n) is 7.01. The standard InChI is InChI=1S/C15H23FN2.2ClH/c1-2-3-4-15(18-11-9-17-10-12-18)13-5-7-14(16)8-6-13;;/h5-8,15,17H,2-4,9-12H2,1H3;2*1H/t15-;;/m0../s1. The van der Waals surface area contributed by atoms with Crippen LogP contribution in [-0.4, -0.2) is 31.1 Å². The summed E-state index contributed by atoms with van der Waals surface area (Å²) >= 11 is 0. The van der Waals surface area contributed by atoms with Crippen molar-refractivity contribution in [3.63, 3.8) is 0 Å². The first-order valence-corrected chi connectivity index (χ1v) is 7.01. The van der Waals surface area contributed by atoms with Gasteiger partial charge in [0, 0.05) is 32.2 Å². The molecule has 1 atom stereocenters. The minimum atomic E-state index is -0.145. The van der Waals surface area contributed by atoms with Gasteiger partial charge < -0.3 is 5.32 Å². The maximum absolute atomic E-state index is 13.0. The normalized spacial score (nSPS) is 16.9. The Balaban J connectivity index is 0.00000180. The summed E-state index contributed by atoms with van der Waals surface area (Å²) in [4.78, 5) is 2.53. The molecule has 0 radical (unpaired) electrons. The van der Waals surface area contributed by atoms with Crippen LogP contribution in [0.25, 0.3) is 0 Å². The molecule has 0 aromatic heterocycles. The first-order chi connectivity index (χ1) is 8.81. The van der Waals surface area contributed by atoms with Gasteiger partial charge in [0.15, 0.2) is 0 Å². The predicted octanol–water partition coefficient (Wildman–Crippen LogP) is 3.81. The Morgan fingerprint density at radius 3 is 2.30 bits per heavy atom. The van der Waals surface area contributed by atoms with Gasteiger partial charge in [-0.3, -0.25) is 4.90 Å². The van der Waals surface area contributed by atoms with Crippen LogP contribution >= 0.6 is 24.8 Å². The molecule has 1 aromatic rings. The molecule has 0 amide bonds. The van der Waals surface area contributed by atoms with E-state index in [1.807, 2.05) is 12.1 Å². The van der Waals surface area contributed by atoms with E-state index in [9.17, 15) is 4.39 Å². The van der Waals surface area contributed by atoms with Crippen molar-refractivity contribution < 1.29 is 4.39 Å². The van der Waals surface area contributed by atoms with Crippen LogP contribution in [0.15, 0.2) is 24.3 Å². The largest absolute Gasteiger partial charge is 0.314 e. The summed E-state index contributed by atoms with van der Waals surface area (Å²) in [5.74, 6) is -0.145. The van der Waals surface area contributed by atoms with Gasteiger partial charge in [0.25, 0.3) is 0 Å². The van der Waals surface area contributed by atoms with Gasteiger partial charge in [-0.25, -0.2) is 4.39 Å². The average Bonchev–Trinajstić information content (AvgIpc) is 2.42. The van der Waals surface area contributed by atoms with Gasteiger partial charge in [0.2, 0.25) is 0 Å². The van der Waals surface area contributed by atoms with Crippen LogP contribution in [0.5, 0.6) is 0 Å². The average molecular weight is 323 g/mol. The number of nitrogens with zero attached hydrogens (tertiary/aromatic N) is 1. The molecular weight excluding hydrogens is 298 g/mol. The van der Waals surface area contributed by atoms with E-state index < -0.39 is 0 Å². The van der Waals surface area contributed by atoms with E-state index in [1.54, 1.807) is 12.1 Å². The van der Waals surface area contributed by atoms with Crippen molar-refractivity contribution in [2.45, 2.75) is 32.2 Å². The Kier molecular flexibility index (Phi) is 10.2. The fourth-order valence-electron chi connectivity index (χ4n) is 2.64. The van der Waals surface area contributed by atoms with E-state index in [1.165, 1.54) is 24.8 Å². The third kappa shape index (κ3) is 5.57. The molecule has 0 unspecified atom stereocenters. The van der Waals surface area contributed by atoms with E-state index in [-0.39, 0.29) is 30.6 Å². The van der Waals surface area contributed by atoms with E-state index in [4.69, 9.17) is 0 Å².